The monoisotopic (exact) mass is 342 g/mol. The van der Waals surface area contributed by atoms with E-state index in [4.69, 9.17) is 0 Å². The van der Waals surface area contributed by atoms with Crippen molar-refractivity contribution in [1.29, 1.82) is 0 Å². The van der Waals surface area contributed by atoms with Gasteiger partial charge in [-0.05, 0) is 0 Å². The molecular weight excluding hydrogens is 340 g/mol. The Morgan fingerprint density at radius 2 is 1.75 bits per heavy atom. The van der Waals surface area contributed by atoms with Gasteiger partial charge >= 0.3 is 53.1 Å². The molecule has 0 atom stereocenters. The average molecular weight is 342 g/mol. The van der Waals surface area contributed by atoms with Crippen LogP contribution in [0.25, 0.3) is 0 Å². The van der Waals surface area contributed by atoms with Gasteiger partial charge in [0.25, 0.3) is 0 Å². The van der Waals surface area contributed by atoms with Crippen molar-refractivity contribution < 1.29 is 34.9 Å². The predicted molar refractivity (Wildman–Crippen MR) is 11.1 cm³/mol. The zero-order valence-corrected chi connectivity index (χ0v) is 7.60. The summed E-state index contributed by atoms with van der Waals surface area (Å²) in [5.41, 5.74) is 0. The van der Waals surface area contributed by atoms with E-state index in [0.717, 1.165) is 0 Å². The van der Waals surface area contributed by atoms with E-state index < -0.39 is 33.9 Å². The van der Waals surface area contributed by atoms with Crippen molar-refractivity contribution in [3.63, 3.8) is 0 Å². The van der Waals surface area contributed by atoms with Crippen molar-refractivity contribution in [3.8, 4) is 0 Å². The second-order valence-corrected chi connectivity index (χ2v) is 3.60. The van der Waals surface area contributed by atoms with Crippen LogP contribution in [0.1, 0.15) is 0 Å². The molecule has 0 aromatic heterocycles. The number of hydrogen-bond acceptors (Lipinski definition) is 5. The van der Waals surface area contributed by atoms with Gasteiger partial charge in [-0.15, -0.1) is 0 Å². The molecule has 0 bridgehead atoms. The quantitative estimate of drug-likeness (QED) is 0.465. The summed E-state index contributed by atoms with van der Waals surface area (Å²) < 4.78 is 40.4. The Labute approximate surface area is 58.7 Å². The molecule has 0 aromatic carbocycles. The summed E-state index contributed by atoms with van der Waals surface area (Å²) in [4.78, 5) is 0. The van der Waals surface area contributed by atoms with Crippen molar-refractivity contribution in [2.24, 2.45) is 0 Å². The molecule has 0 rings (SSSR count). The van der Waals surface area contributed by atoms with Crippen LogP contribution in [0.5, 0.6) is 0 Å². The minimum absolute atomic E-state index is 0. The Bertz CT molecular complexity index is 63.4. The molecule has 0 heterocycles. The molecule has 0 aliphatic heterocycles. The molecule has 0 saturated heterocycles. The molecule has 0 amide bonds. The summed E-state index contributed by atoms with van der Waals surface area (Å²) >= 11 is -2.65. The molecule has 0 saturated carbocycles. The molecule has 2 N–H and O–H groups in total. The zero-order chi connectivity index (χ0) is 5.91. The summed E-state index contributed by atoms with van der Waals surface area (Å²) in [5, 5.41) is 0. The summed E-state index contributed by atoms with van der Waals surface area (Å²) in [7, 11) is -4.41. The van der Waals surface area contributed by atoms with Gasteiger partial charge in [0.15, 0.2) is 0 Å². The summed E-state index contributed by atoms with van der Waals surface area (Å²) in [6, 6.07) is 0. The van der Waals surface area contributed by atoms with Crippen LogP contribution in [0.2, 0.25) is 0 Å². The van der Waals surface area contributed by atoms with Gasteiger partial charge in [0.05, 0.1) is 0 Å². The van der Waals surface area contributed by atoms with Crippen LogP contribution in [0.4, 0.5) is 0 Å². The van der Waals surface area contributed by atoms with Gasteiger partial charge in [-0.1, -0.05) is 0 Å². The second kappa shape index (κ2) is 4.63. The number of rotatable bonds is 2. The minimum atomic E-state index is -4.41. The van der Waals surface area contributed by atoms with Gasteiger partial charge in [-0.3, -0.25) is 0 Å². The Balaban J connectivity index is 0. The average Bonchev–Trinajstić information content (AvgIpc) is 1.30. The van der Waals surface area contributed by atoms with Crippen LogP contribution < -0.4 is 14.0 Å². The van der Waals surface area contributed by atoms with Gasteiger partial charge in [0.1, 0.15) is 0 Å². The van der Waals surface area contributed by atoms with E-state index in [2.05, 4.69) is 2.37 Å². The van der Waals surface area contributed by atoms with E-state index in [-0.39, 0.29) is 5.48 Å². The fraction of sp³-hybridized carbons (Fsp3) is 0. The molecule has 0 aliphatic carbocycles. The molecule has 50 valence electrons. The molecule has 0 aliphatic rings. The molecular formula is H2BiClO6. The van der Waals surface area contributed by atoms with E-state index in [0.29, 0.717) is 0 Å². The van der Waals surface area contributed by atoms with Crippen LogP contribution in [-0.4, -0.2) is 29.2 Å². The first-order valence-corrected chi connectivity index (χ1v) is 5.06. The van der Waals surface area contributed by atoms with E-state index in [1.807, 2.05) is 0 Å². The van der Waals surface area contributed by atoms with Crippen LogP contribution in [0.15, 0.2) is 0 Å². The molecule has 8 heavy (non-hydrogen) atoms. The normalized spacial score (nSPS) is 9.88. The number of halogens is 1. The van der Waals surface area contributed by atoms with Gasteiger partial charge in [0.2, 0.25) is 0 Å². The first-order chi connectivity index (χ1) is 3.06. The third-order valence-electron chi connectivity index (χ3n) is 0.113. The van der Waals surface area contributed by atoms with Crippen molar-refractivity contribution >= 4 is 23.7 Å². The third-order valence-corrected chi connectivity index (χ3v) is 2.97. The maximum absolute atomic E-state index is 9.32. The number of hydrogen-bond donors (Lipinski definition) is 0. The Kier molecular flexibility index (Phi) is 6.69. The van der Waals surface area contributed by atoms with E-state index in [1.165, 1.54) is 0 Å². The topological polar surface area (TPSA) is 127 Å². The standard InChI is InChI=1S/Bi.ClHO4.H2O.O/c;2-1(3,4)5;;/h;(H,2,3,4,5);1H2;/q+1;;;/p-1. The van der Waals surface area contributed by atoms with Crippen LogP contribution in [0, 0.1) is 10.2 Å². The predicted octanol–water partition coefficient (Wildman–Crippen LogP) is -4.96. The van der Waals surface area contributed by atoms with E-state index >= 15 is 0 Å². The molecule has 0 radical (unpaired) electrons. The van der Waals surface area contributed by atoms with Gasteiger partial charge in [-0.25, -0.2) is 0 Å². The molecule has 8 heteroatoms. The van der Waals surface area contributed by atoms with Crippen molar-refractivity contribution in [2.45, 2.75) is 0 Å². The van der Waals surface area contributed by atoms with Crippen molar-refractivity contribution in [3.05, 3.63) is 0 Å². The van der Waals surface area contributed by atoms with E-state index in [9.17, 15) is 16.8 Å². The second-order valence-electron chi connectivity index (χ2n) is 0.522. The first kappa shape index (κ1) is 11.6. The molecule has 0 spiro atoms. The summed E-state index contributed by atoms with van der Waals surface area (Å²) in [5.74, 6) is 0. The van der Waals surface area contributed by atoms with Crippen LogP contribution in [0.3, 0.4) is 0 Å². The fourth-order valence-corrected chi connectivity index (χ4v) is 0.908. The van der Waals surface area contributed by atoms with Gasteiger partial charge < -0.3 is 5.48 Å². The molecule has 0 fully saturated rings. The van der Waals surface area contributed by atoms with E-state index in [1.54, 1.807) is 0 Å². The SMILES string of the molecule is O.[O]=[Bi][O][Cl+3]([O-])([O-])[O-]. The maximum atomic E-state index is 9.32. The Hall–Kier alpha value is 0.773. The Morgan fingerprint density at radius 1 is 1.38 bits per heavy atom. The van der Waals surface area contributed by atoms with Gasteiger partial charge in [-0.2, -0.15) is 0 Å². The van der Waals surface area contributed by atoms with Crippen molar-refractivity contribution in [2.75, 3.05) is 0 Å². The molecule has 0 aromatic rings. The summed E-state index contributed by atoms with van der Waals surface area (Å²) in [6.45, 7) is 0. The Morgan fingerprint density at radius 3 is 1.75 bits per heavy atom. The molecule has 0 unspecified atom stereocenters. The van der Waals surface area contributed by atoms with Gasteiger partial charge in [0, 0.05) is 0 Å². The zero-order valence-electron chi connectivity index (χ0n) is 3.37. The summed E-state index contributed by atoms with van der Waals surface area (Å²) in [6.07, 6.45) is 0. The first-order valence-electron chi connectivity index (χ1n) is 0.982. The van der Waals surface area contributed by atoms with Crippen molar-refractivity contribution in [1.82, 2.24) is 0 Å². The third kappa shape index (κ3) is 9.91. The fourth-order valence-electron chi connectivity index (χ4n) is 0.0345. The van der Waals surface area contributed by atoms with Crippen LogP contribution >= 0.6 is 0 Å². The van der Waals surface area contributed by atoms with Crippen LogP contribution in [-0.2, 0) is 5.18 Å². The molecule has 6 nitrogen and oxygen atoms in total.